The average Bonchev–Trinajstić information content (AvgIpc) is 2.68. The molecule has 212 valence electrons. The first-order valence-corrected chi connectivity index (χ1v) is 25.8. The van der Waals surface area contributed by atoms with Crippen LogP contribution in [-0.2, 0) is 36.8 Å². The first-order chi connectivity index (χ1) is 16.3. The minimum Gasteiger partial charge on any atom is -0.460 e. The number of esters is 2. The highest BCUT2D eigenvalue weighted by atomic mass is 28.4. The molecule has 0 rings (SSSR count). The van der Waals surface area contributed by atoms with Crippen molar-refractivity contribution < 1.29 is 36.8 Å². The molecule has 0 saturated heterocycles. The Morgan fingerprint density at radius 2 is 0.917 bits per heavy atom. The first-order valence-electron chi connectivity index (χ1n) is 13.0. The molecule has 0 N–H and O–H groups in total. The molecule has 2 atom stereocenters. The molecule has 12 heteroatoms. The second kappa shape index (κ2) is 15.7. The molecule has 8 nitrogen and oxygen atoms in total. The Morgan fingerprint density at radius 1 is 0.611 bits per heavy atom. The molecule has 0 heterocycles. The summed E-state index contributed by atoms with van der Waals surface area (Å²) in [6.07, 6.45) is 3.91. The van der Waals surface area contributed by atoms with Gasteiger partial charge < -0.3 is 27.2 Å². The molecule has 0 aliphatic rings. The third kappa shape index (κ3) is 16.3. The highest BCUT2D eigenvalue weighted by Gasteiger charge is 2.40. The Hall–Kier alpha value is -0.612. The van der Waals surface area contributed by atoms with E-state index in [9.17, 15) is 9.59 Å². The van der Waals surface area contributed by atoms with Crippen LogP contribution in [0.25, 0.3) is 0 Å². The molecule has 0 amide bonds. The van der Waals surface area contributed by atoms with Crippen LogP contribution in [0.5, 0.6) is 0 Å². The summed E-state index contributed by atoms with van der Waals surface area (Å²) in [5.74, 6) is -1.24. The molecule has 0 bridgehead atoms. The van der Waals surface area contributed by atoms with Crippen molar-refractivity contribution in [2.24, 2.45) is 0 Å². The van der Waals surface area contributed by atoms with Crippen LogP contribution in [0, 0.1) is 0 Å². The maximum Gasteiger partial charge on any atom is 0.331 e. The van der Waals surface area contributed by atoms with Crippen LogP contribution >= 0.6 is 0 Å². The van der Waals surface area contributed by atoms with Gasteiger partial charge in [0, 0.05) is 25.4 Å². The fourth-order valence-electron chi connectivity index (χ4n) is 3.68. The summed E-state index contributed by atoms with van der Waals surface area (Å²) in [5.41, 5.74) is -0.577. The van der Waals surface area contributed by atoms with Crippen molar-refractivity contribution in [1.82, 2.24) is 0 Å². The molecule has 0 saturated carbocycles. The van der Waals surface area contributed by atoms with Gasteiger partial charge in [0.25, 0.3) is 0 Å². The van der Waals surface area contributed by atoms with Gasteiger partial charge in [0.15, 0.2) is 16.6 Å². The van der Waals surface area contributed by atoms with Gasteiger partial charge in [0.05, 0.1) is 0 Å². The lowest BCUT2D eigenvalue weighted by atomic mass is 10.5. The van der Waals surface area contributed by atoms with E-state index in [0.717, 1.165) is 25.0 Å². The van der Waals surface area contributed by atoms with E-state index in [0.29, 0.717) is 13.2 Å². The number of carbonyl (C=O) groups is 2. The fourth-order valence-corrected chi connectivity index (χ4v) is 19.4. The summed E-state index contributed by atoms with van der Waals surface area (Å²) in [6.45, 7) is 26.5. The van der Waals surface area contributed by atoms with Crippen LogP contribution in [0.1, 0.15) is 26.7 Å². The second-order valence-corrected chi connectivity index (χ2v) is 29.7. The summed E-state index contributed by atoms with van der Waals surface area (Å²) in [4.78, 5) is 24.6. The maximum absolute atomic E-state index is 12.3. The zero-order valence-corrected chi connectivity index (χ0v) is 28.8. The first kappa shape index (κ1) is 35.4. The van der Waals surface area contributed by atoms with Crippen molar-refractivity contribution in [2.45, 2.75) is 104 Å². The summed E-state index contributed by atoms with van der Waals surface area (Å²) < 4.78 is 35.6. The van der Waals surface area contributed by atoms with Gasteiger partial charge >= 0.3 is 11.9 Å². The van der Waals surface area contributed by atoms with Gasteiger partial charge in [-0.1, -0.05) is 13.8 Å². The van der Waals surface area contributed by atoms with E-state index in [2.05, 4.69) is 65.5 Å². The van der Waals surface area contributed by atoms with Crippen molar-refractivity contribution in [1.29, 1.82) is 0 Å². The third-order valence-corrected chi connectivity index (χ3v) is 17.7. The van der Waals surface area contributed by atoms with Crippen LogP contribution in [0.2, 0.25) is 65.5 Å². The fraction of sp³-hybridized carbons (Fsp3) is 0.833. The number of ether oxygens (including phenoxy) is 4. The van der Waals surface area contributed by atoms with Gasteiger partial charge in [-0.15, -0.1) is 0 Å². The van der Waals surface area contributed by atoms with E-state index in [1.54, 1.807) is 0 Å². The van der Waals surface area contributed by atoms with Crippen LogP contribution in [-0.4, -0.2) is 83.1 Å². The van der Waals surface area contributed by atoms with E-state index in [1.165, 1.54) is 0 Å². The van der Waals surface area contributed by atoms with E-state index in [-0.39, 0.29) is 24.7 Å². The maximum atomic E-state index is 12.3. The normalized spacial score (nSPS) is 15.1. The molecule has 0 aromatic heterocycles. The summed E-state index contributed by atoms with van der Waals surface area (Å²) >= 11 is 0. The zero-order valence-electron chi connectivity index (χ0n) is 24.8. The molecular weight excluding hydrogens is 529 g/mol. The zero-order chi connectivity index (χ0) is 28.2. The third-order valence-electron chi connectivity index (χ3n) is 4.85. The molecule has 0 aromatic carbocycles. The Bertz CT molecular complexity index is 641. The molecule has 0 radical (unpaired) electrons. The van der Waals surface area contributed by atoms with Crippen molar-refractivity contribution in [3.63, 3.8) is 0 Å². The lowest BCUT2D eigenvalue weighted by molar-refractivity contribution is -0.143. The largest absolute Gasteiger partial charge is 0.460 e. The molecule has 2 unspecified atom stereocenters. The summed E-state index contributed by atoms with van der Waals surface area (Å²) in [7, 11) is -8.09. The van der Waals surface area contributed by atoms with Crippen molar-refractivity contribution >= 4 is 45.2 Å². The summed E-state index contributed by atoms with van der Waals surface area (Å²) in [6, 6.07) is 0. The highest BCUT2D eigenvalue weighted by molar-refractivity contribution is 6.85. The Balaban J connectivity index is 5.01. The van der Waals surface area contributed by atoms with E-state index >= 15 is 0 Å². The number of hydrogen-bond acceptors (Lipinski definition) is 8. The molecule has 0 aromatic rings. The molecule has 0 fully saturated rings. The van der Waals surface area contributed by atoms with Crippen LogP contribution in [0.4, 0.5) is 0 Å². The molecule has 0 aliphatic carbocycles. The predicted molar refractivity (Wildman–Crippen MR) is 155 cm³/mol. The van der Waals surface area contributed by atoms with Gasteiger partial charge in [0.2, 0.25) is 16.6 Å². The molecule has 0 aliphatic heterocycles. The van der Waals surface area contributed by atoms with E-state index in [1.807, 2.05) is 13.8 Å². The van der Waals surface area contributed by atoms with Crippen molar-refractivity contribution in [3.8, 4) is 0 Å². The van der Waals surface area contributed by atoms with E-state index in [4.69, 9.17) is 27.2 Å². The lowest BCUT2D eigenvalue weighted by Crippen LogP contribution is -2.54. The average molecular weight is 581 g/mol. The number of rotatable bonds is 18. The minimum absolute atomic E-state index is 0.0860. The number of hydrogen-bond donors (Lipinski definition) is 0. The quantitative estimate of drug-likeness (QED) is 0.121. The standard InChI is InChI=1S/C24H52O8Si4/c1-13-17-27-23(35(9,10)31-33(3,4)5)19-29-21(25)15-16-22(26)30-20-24(28-18-14-2)36(11,12)32-34(6,7)8/h15-16,23-24H,13-14,17-20H2,1-12H3. The van der Waals surface area contributed by atoms with Crippen molar-refractivity contribution in [2.75, 3.05) is 26.4 Å². The van der Waals surface area contributed by atoms with Crippen LogP contribution in [0.15, 0.2) is 12.2 Å². The Morgan fingerprint density at radius 3 is 1.17 bits per heavy atom. The SMILES string of the molecule is CCCOC(COC(=O)C=CC(=O)OCC(OCCC)[Si](C)(C)O[Si](C)(C)C)[Si](C)(C)O[Si](C)(C)C. The molecular formula is C24H52O8Si4. The van der Waals surface area contributed by atoms with Crippen LogP contribution in [0.3, 0.4) is 0 Å². The van der Waals surface area contributed by atoms with E-state index < -0.39 is 45.2 Å². The summed E-state index contributed by atoms with van der Waals surface area (Å²) in [5, 5.41) is 0. The van der Waals surface area contributed by atoms with Crippen LogP contribution < -0.4 is 0 Å². The second-order valence-electron chi connectivity index (χ2n) is 11.9. The Labute approximate surface area is 223 Å². The van der Waals surface area contributed by atoms with Gasteiger partial charge in [-0.25, -0.2) is 9.59 Å². The molecule has 36 heavy (non-hydrogen) atoms. The van der Waals surface area contributed by atoms with Gasteiger partial charge in [-0.2, -0.15) is 0 Å². The smallest absolute Gasteiger partial charge is 0.331 e. The predicted octanol–water partition coefficient (Wildman–Crippen LogP) is 5.41. The van der Waals surface area contributed by atoms with Gasteiger partial charge in [-0.05, 0) is 78.3 Å². The minimum atomic E-state index is -2.26. The number of carbonyl (C=O) groups excluding carboxylic acids is 2. The van der Waals surface area contributed by atoms with Gasteiger partial charge in [0.1, 0.15) is 24.7 Å². The van der Waals surface area contributed by atoms with Gasteiger partial charge in [-0.3, -0.25) is 0 Å². The van der Waals surface area contributed by atoms with Crippen molar-refractivity contribution in [3.05, 3.63) is 12.2 Å². The molecule has 0 spiro atoms. The Kier molecular flexibility index (Phi) is 15.4. The lowest BCUT2D eigenvalue weighted by Gasteiger charge is -2.37. The monoisotopic (exact) mass is 580 g/mol. The topological polar surface area (TPSA) is 89.5 Å². The highest BCUT2D eigenvalue weighted by Crippen LogP contribution is 2.22.